The summed E-state index contributed by atoms with van der Waals surface area (Å²) in [5, 5.41) is 0.788. The van der Waals surface area contributed by atoms with Crippen LogP contribution >= 0.6 is 27.5 Å². The van der Waals surface area contributed by atoms with E-state index in [4.69, 9.17) is 16.3 Å². The molecule has 0 unspecified atom stereocenters. The average Bonchev–Trinajstić information content (AvgIpc) is 2.56. The van der Waals surface area contributed by atoms with E-state index in [2.05, 4.69) is 46.3 Å². The van der Waals surface area contributed by atoms with Crippen molar-refractivity contribution in [1.82, 2.24) is 0 Å². The summed E-state index contributed by atoms with van der Waals surface area (Å²) in [6, 6.07) is 20.4. The molecule has 1 aliphatic rings. The van der Waals surface area contributed by atoms with Gasteiger partial charge in [-0.15, -0.1) is 0 Å². The second kappa shape index (κ2) is 5.45. The number of ether oxygens (including phenoxy) is 1. The second-order valence-corrected chi connectivity index (χ2v) is 6.55. The standard InChI is InChI=1S/C19H12BrClO/c20-14-8-5-12(6-9-14)15-10-7-13-11-22-17-4-2-1-3-16(17)18(13)19(15)21/h1-10H,11H2. The van der Waals surface area contributed by atoms with Gasteiger partial charge < -0.3 is 4.74 Å². The minimum Gasteiger partial charge on any atom is -0.488 e. The molecule has 1 heterocycles. The highest BCUT2D eigenvalue weighted by molar-refractivity contribution is 9.10. The van der Waals surface area contributed by atoms with Crippen molar-refractivity contribution < 1.29 is 4.74 Å². The maximum atomic E-state index is 6.76. The van der Waals surface area contributed by atoms with Crippen LogP contribution in [0.25, 0.3) is 22.3 Å². The Balaban J connectivity index is 1.94. The molecule has 0 saturated heterocycles. The summed E-state index contributed by atoms with van der Waals surface area (Å²) in [4.78, 5) is 0. The smallest absolute Gasteiger partial charge is 0.127 e. The van der Waals surface area contributed by atoms with E-state index in [1.807, 2.05) is 30.3 Å². The van der Waals surface area contributed by atoms with E-state index in [9.17, 15) is 0 Å². The van der Waals surface area contributed by atoms with Gasteiger partial charge in [0.05, 0.1) is 5.02 Å². The molecule has 0 aromatic heterocycles. The lowest BCUT2D eigenvalue weighted by Gasteiger charge is -2.23. The minimum absolute atomic E-state index is 0.562. The lowest BCUT2D eigenvalue weighted by Crippen LogP contribution is -2.06. The van der Waals surface area contributed by atoms with Gasteiger partial charge in [0.15, 0.2) is 0 Å². The normalized spacial score (nSPS) is 12.3. The number of fused-ring (bicyclic) bond motifs is 3. The zero-order chi connectivity index (χ0) is 15.1. The molecule has 0 N–H and O–H groups in total. The van der Waals surface area contributed by atoms with E-state index in [1.54, 1.807) is 0 Å². The van der Waals surface area contributed by atoms with Gasteiger partial charge in [-0.05, 0) is 29.3 Å². The van der Waals surface area contributed by atoms with Crippen molar-refractivity contribution in [3.05, 3.63) is 75.7 Å². The summed E-state index contributed by atoms with van der Waals surface area (Å²) in [6.45, 7) is 0.562. The van der Waals surface area contributed by atoms with Gasteiger partial charge >= 0.3 is 0 Å². The third-order valence-electron chi connectivity index (χ3n) is 3.92. The highest BCUT2D eigenvalue weighted by atomic mass is 79.9. The number of para-hydroxylation sites is 1. The van der Waals surface area contributed by atoms with E-state index in [-0.39, 0.29) is 0 Å². The molecular formula is C19H12BrClO. The molecule has 0 amide bonds. The molecule has 22 heavy (non-hydrogen) atoms. The third kappa shape index (κ3) is 2.23. The Hall–Kier alpha value is -1.77. The highest BCUT2D eigenvalue weighted by Gasteiger charge is 2.21. The molecular weight excluding hydrogens is 360 g/mol. The maximum absolute atomic E-state index is 6.76. The SMILES string of the molecule is Clc1c(-c2ccc(Br)cc2)ccc2c1-c1ccccc1OC2. The fourth-order valence-electron chi connectivity index (χ4n) is 2.83. The Bertz CT molecular complexity index is 856. The molecule has 0 saturated carbocycles. The van der Waals surface area contributed by atoms with Gasteiger partial charge in [-0.3, -0.25) is 0 Å². The first kappa shape index (κ1) is 13.9. The molecule has 3 aromatic carbocycles. The molecule has 0 atom stereocenters. The predicted molar refractivity (Wildman–Crippen MR) is 94.4 cm³/mol. The average molecular weight is 372 g/mol. The lowest BCUT2D eigenvalue weighted by molar-refractivity contribution is 0.302. The summed E-state index contributed by atoms with van der Waals surface area (Å²) >= 11 is 10.2. The molecule has 0 spiro atoms. The van der Waals surface area contributed by atoms with Crippen molar-refractivity contribution in [1.29, 1.82) is 0 Å². The topological polar surface area (TPSA) is 9.23 Å². The Kier molecular flexibility index (Phi) is 3.44. The zero-order valence-corrected chi connectivity index (χ0v) is 14.0. The van der Waals surface area contributed by atoms with Crippen molar-refractivity contribution >= 4 is 27.5 Å². The molecule has 0 bridgehead atoms. The van der Waals surface area contributed by atoms with Crippen LogP contribution < -0.4 is 4.74 Å². The van der Waals surface area contributed by atoms with Crippen LogP contribution in [0.5, 0.6) is 5.75 Å². The van der Waals surface area contributed by atoms with Crippen LogP contribution in [0.2, 0.25) is 5.02 Å². The van der Waals surface area contributed by atoms with Crippen LogP contribution in [0.15, 0.2) is 65.1 Å². The van der Waals surface area contributed by atoms with Crippen LogP contribution in [0.1, 0.15) is 5.56 Å². The van der Waals surface area contributed by atoms with Gasteiger partial charge in [-0.25, -0.2) is 0 Å². The molecule has 3 heteroatoms. The van der Waals surface area contributed by atoms with Gasteiger partial charge in [-0.1, -0.05) is 70.0 Å². The van der Waals surface area contributed by atoms with E-state index < -0.39 is 0 Å². The fourth-order valence-corrected chi connectivity index (χ4v) is 3.49. The Morgan fingerprint density at radius 2 is 1.64 bits per heavy atom. The van der Waals surface area contributed by atoms with Crippen LogP contribution in [0.4, 0.5) is 0 Å². The molecule has 0 radical (unpaired) electrons. The summed E-state index contributed by atoms with van der Waals surface area (Å²) in [7, 11) is 0. The van der Waals surface area contributed by atoms with E-state index in [1.165, 1.54) is 0 Å². The predicted octanol–water partition coefficient (Wildman–Crippen LogP) is 6.33. The van der Waals surface area contributed by atoms with Crippen LogP contribution in [0.3, 0.4) is 0 Å². The maximum Gasteiger partial charge on any atom is 0.127 e. The molecule has 3 aromatic rings. The summed E-state index contributed by atoms with van der Waals surface area (Å²) in [5.41, 5.74) is 5.44. The Morgan fingerprint density at radius 1 is 0.864 bits per heavy atom. The molecule has 4 rings (SSSR count). The fraction of sp³-hybridized carbons (Fsp3) is 0.0526. The van der Waals surface area contributed by atoms with E-state index in [0.717, 1.165) is 43.1 Å². The van der Waals surface area contributed by atoms with Gasteiger partial charge in [0.2, 0.25) is 0 Å². The van der Waals surface area contributed by atoms with Crippen molar-refractivity contribution in [2.24, 2.45) is 0 Å². The number of benzene rings is 3. The summed E-state index contributed by atoms with van der Waals surface area (Å²) < 4.78 is 6.86. The summed E-state index contributed by atoms with van der Waals surface area (Å²) in [5.74, 6) is 0.893. The largest absolute Gasteiger partial charge is 0.488 e. The van der Waals surface area contributed by atoms with Crippen molar-refractivity contribution in [2.45, 2.75) is 6.61 Å². The Morgan fingerprint density at radius 3 is 2.45 bits per heavy atom. The second-order valence-electron chi connectivity index (χ2n) is 5.25. The number of hydrogen-bond donors (Lipinski definition) is 0. The first-order chi connectivity index (χ1) is 10.7. The molecule has 108 valence electrons. The number of halogens is 2. The molecule has 1 aliphatic heterocycles. The zero-order valence-electron chi connectivity index (χ0n) is 11.6. The van der Waals surface area contributed by atoms with Gasteiger partial charge in [0.1, 0.15) is 12.4 Å². The minimum atomic E-state index is 0.562. The van der Waals surface area contributed by atoms with E-state index >= 15 is 0 Å². The van der Waals surface area contributed by atoms with E-state index in [0.29, 0.717) is 6.61 Å². The molecule has 0 fully saturated rings. The monoisotopic (exact) mass is 370 g/mol. The lowest BCUT2D eigenvalue weighted by atomic mass is 9.92. The van der Waals surface area contributed by atoms with Crippen LogP contribution in [0, 0.1) is 0 Å². The van der Waals surface area contributed by atoms with Crippen LogP contribution in [-0.4, -0.2) is 0 Å². The first-order valence-corrected chi connectivity index (χ1v) is 8.20. The Labute approximate surface area is 142 Å². The quantitative estimate of drug-likeness (QED) is 0.486. The number of rotatable bonds is 1. The van der Waals surface area contributed by atoms with Crippen LogP contribution in [-0.2, 0) is 6.61 Å². The van der Waals surface area contributed by atoms with Gasteiger partial charge in [-0.2, -0.15) is 0 Å². The number of hydrogen-bond acceptors (Lipinski definition) is 1. The van der Waals surface area contributed by atoms with Gasteiger partial charge in [0.25, 0.3) is 0 Å². The molecule has 1 nitrogen and oxygen atoms in total. The third-order valence-corrected chi connectivity index (χ3v) is 4.84. The van der Waals surface area contributed by atoms with Crippen molar-refractivity contribution in [3.8, 4) is 28.0 Å². The van der Waals surface area contributed by atoms with Crippen molar-refractivity contribution in [2.75, 3.05) is 0 Å². The van der Waals surface area contributed by atoms with Crippen molar-refractivity contribution in [3.63, 3.8) is 0 Å². The highest BCUT2D eigenvalue weighted by Crippen LogP contribution is 2.45. The summed E-state index contributed by atoms with van der Waals surface area (Å²) in [6.07, 6.45) is 0. The molecule has 0 aliphatic carbocycles. The van der Waals surface area contributed by atoms with Gasteiger partial charge in [0, 0.05) is 21.2 Å². The first-order valence-electron chi connectivity index (χ1n) is 7.03.